The van der Waals surface area contributed by atoms with E-state index in [-0.39, 0.29) is 0 Å². The van der Waals surface area contributed by atoms with Crippen molar-refractivity contribution < 1.29 is 4.74 Å². The summed E-state index contributed by atoms with van der Waals surface area (Å²) in [4.78, 5) is 6.24. The van der Waals surface area contributed by atoms with Gasteiger partial charge in [0.25, 0.3) is 0 Å². The Morgan fingerprint density at radius 2 is 2.20 bits per heavy atom. The zero-order chi connectivity index (χ0) is 14.5. The molecule has 1 saturated carbocycles. The lowest BCUT2D eigenvalue weighted by molar-refractivity contribution is 0.181. The number of nitrogens with zero attached hydrogens (tertiary/aromatic N) is 1. The molecule has 4 heteroatoms. The number of ether oxygens (including phenoxy) is 1. The third kappa shape index (κ3) is 4.03. The lowest BCUT2D eigenvalue weighted by Gasteiger charge is -2.07. The second-order valence-electron chi connectivity index (χ2n) is 6.17. The lowest BCUT2D eigenvalue weighted by Crippen LogP contribution is -2.21. The van der Waals surface area contributed by atoms with E-state index in [0.29, 0.717) is 18.6 Å². The Bertz CT molecular complexity index is 417. The molecule has 2 atom stereocenters. The van der Waals surface area contributed by atoms with E-state index in [4.69, 9.17) is 9.72 Å². The summed E-state index contributed by atoms with van der Waals surface area (Å²) in [6, 6.07) is 0.506. The number of hydrogen-bond acceptors (Lipinski definition) is 4. The van der Waals surface area contributed by atoms with Crippen LogP contribution in [0.5, 0.6) is 0 Å². The first-order chi connectivity index (χ1) is 9.63. The van der Waals surface area contributed by atoms with Gasteiger partial charge in [-0.3, -0.25) is 0 Å². The predicted molar refractivity (Wildman–Crippen MR) is 85.2 cm³/mol. The highest BCUT2D eigenvalue weighted by molar-refractivity contribution is 7.11. The number of rotatable bonds is 7. The van der Waals surface area contributed by atoms with Crippen LogP contribution in [0.25, 0.3) is 0 Å². The first kappa shape index (κ1) is 15.9. The highest BCUT2D eigenvalue weighted by atomic mass is 32.1. The van der Waals surface area contributed by atoms with Crippen LogP contribution in [-0.2, 0) is 17.9 Å². The molecule has 1 aromatic rings. The van der Waals surface area contributed by atoms with Gasteiger partial charge in [-0.05, 0) is 25.2 Å². The maximum atomic E-state index is 5.31. The van der Waals surface area contributed by atoms with Gasteiger partial charge in [-0.15, -0.1) is 11.3 Å². The molecule has 3 nitrogen and oxygen atoms in total. The summed E-state index contributed by atoms with van der Waals surface area (Å²) in [6.45, 7) is 8.22. The molecule has 1 heterocycles. The summed E-state index contributed by atoms with van der Waals surface area (Å²) in [6.07, 6.45) is 5.33. The smallest absolute Gasteiger partial charge is 0.0963 e. The molecule has 0 radical (unpaired) electrons. The first-order valence-electron chi connectivity index (χ1n) is 7.84. The van der Waals surface area contributed by atoms with Gasteiger partial charge in [-0.2, -0.15) is 0 Å². The molecule has 1 N–H and O–H groups in total. The predicted octanol–water partition coefficient (Wildman–Crippen LogP) is 4.08. The van der Waals surface area contributed by atoms with Gasteiger partial charge in [0, 0.05) is 30.5 Å². The number of nitrogens with one attached hydrogen (secondary N) is 1. The maximum absolute atomic E-state index is 5.31. The fourth-order valence-electron chi connectivity index (χ4n) is 2.93. The van der Waals surface area contributed by atoms with Crippen molar-refractivity contribution in [3.63, 3.8) is 0 Å². The molecule has 0 saturated heterocycles. The minimum Gasteiger partial charge on any atom is -0.378 e. The van der Waals surface area contributed by atoms with Gasteiger partial charge < -0.3 is 10.1 Å². The Hall–Kier alpha value is -0.450. The monoisotopic (exact) mass is 296 g/mol. The van der Waals surface area contributed by atoms with Crippen molar-refractivity contribution in [2.75, 3.05) is 7.11 Å². The summed E-state index contributed by atoms with van der Waals surface area (Å²) in [7, 11) is 1.75. The van der Waals surface area contributed by atoms with Gasteiger partial charge in [0.05, 0.1) is 17.3 Å². The fraction of sp³-hybridized carbons (Fsp3) is 0.812. The minimum absolute atomic E-state index is 0.506. The van der Waals surface area contributed by atoms with E-state index in [1.165, 1.54) is 35.6 Å². The zero-order valence-electron chi connectivity index (χ0n) is 13.2. The van der Waals surface area contributed by atoms with Crippen molar-refractivity contribution >= 4 is 11.3 Å². The summed E-state index contributed by atoms with van der Waals surface area (Å²) in [5.41, 5.74) is 1.14. The Balaban J connectivity index is 2.08. The van der Waals surface area contributed by atoms with Crippen LogP contribution in [0.15, 0.2) is 0 Å². The van der Waals surface area contributed by atoms with Crippen LogP contribution >= 0.6 is 11.3 Å². The van der Waals surface area contributed by atoms with Crippen LogP contribution in [0.1, 0.15) is 68.0 Å². The lowest BCUT2D eigenvalue weighted by atomic mass is 10.0. The maximum Gasteiger partial charge on any atom is 0.0963 e. The molecule has 2 unspecified atom stereocenters. The molecule has 1 aliphatic rings. The van der Waals surface area contributed by atoms with Crippen molar-refractivity contribution in [2.24, 2.45) is 5.92 Å². The van der Waals surface area contributed by atoms with E-state index < -0.39 is 0 Å². The van der Waals surface area contributed by atoms with E-state index in [1.807, 2.05) is 11.3 Å². The highest BCUT2D eigenvalue weighted by Gasteiger charge is 2.27. The number of aromatic nitrogens is 1. The number of thiazole rings is 1. The van der Waals surface area contributed by atoms with Crippen LogP contribution in [-0.4, -0.2) is 18.1 Å². The summed E-state index contributed by atoms with van der Waals surface area (Å²) < 4.78 is 5.31. The van der Waals surface area contributed by atoms with Gasteiger partial charge >= 0.3 is 0 Å². The average molecular weight is 296 g/mol. The number of hydrogen-bond donors (Lipinski definition) is 1. The van der Waals surface area contributed by atoms with Crippen molar-refractivity contribution in [3.8, 4) is 0 Å². The normalized spacial score (nSPS) is 22.9. The Morgan fingerprint density at radius 3 is 2.80 bits per heavy atom. The van der Waals surface area contributed by atoms with E-state index in [0.717, 1.165) is 18.2 Å². The first-order valence-corrected chi connectivity index (χ1v) is 8.66. The third-order valence-electron chi connectivity index (χ3n) is 4.21. The molecule has 2 rings (SSSR count). The minimum atomic E-state index is 0.506. The van der Waals surface area contributed by atoms with Crippen LogP contribution in [0.4, 0.5) is 0 Å². The van der Waals surface area contributed by atoms with Crippen LogP contribution in [0, 0.1) is 5.92 Å². The van der Waals surface area contributed by atoms with Gasteiger partial charge in [0.1, 0.15) is 0 Å². The molecular weight excluding hydrogens is 268 g/mol. The quantitative estimate of drug-likeness (QED) is 0.823. The van der Waals surface area contributed by atoms with E-state index in [2.05, 4.69) is 26.1 Å². The average Bonchev–Trinajstić information content (AvgIpc) is 3.03. The van der Waals surface area contributed by atoms with Gasteiger partial charge in [0.15, 0.2) is 0 Å². The van der Waals surface area contributed by atoms with Crippen molar-refractivity contribution in [1.29, 1.82) is 0 Å². The highest BCUT2D eigenvalue weighted by Crippen LogP contribution is 2.41. The molecule has 20 heavy (non-hydrogen) atoms. The van der Waals surface area contributed by atoms with Crippen LogP contribution in [0.2, 0.25) is 0 Å². The largest absolute Gasteiger partial charge is 0.378 e. The SMILES string of the molecule is CCC1CCC(c2nc(COC)c(CNC(C)C)s2)C1. The summed E-state index contributed by atoms with van der Waals surface area (Å²) in [5.74, 6) is 1.60. The Morgan fingerprint density at radius 1 is 1.40 bits per heavy atom. The fourth-order valence-corrected chi connectivity index (χ4v) is 4.10. The van der Waals surface area contributed by atoms with Crippen LogP contribution in [0.3, 0.4) is 0 Å². The molecule has 1 fully saturated rings. The molecular formula is C16H28N2OS. The second kappa shape index (κ2) is 7.53. The molecule has 114 valence electrons. The molecule has 0 spiro atoms. The van der Waals surface area contributed by atoms with Crippen molar-refractivity contribution in [2.45, 2.75) is 71.6 Å². The summed E-state index contributed by atoms with van der Waals surface area (Å²) >= 11 is 1.90. The third-order valence-corrected chi connectivity index (χ3v) is 5.47. The molecule has 0 aromatic carbocycles. The van der Waals surface area contributed by atoms with E-state index in [9.17, 15) is 0 Å². The zero-order valence-corrected chi connectivity index (χ0v) is 14.1. The Labute approximate surface area is 127 Å². The van der Waals surface area contributed by atoms with Crippen LogP contribution < -0.4 is 5.32 Å². The topological polar surface area (TPSA) is 34.1 Å². The second-order valence-corrected chi connectivity index (χ2v) is 7.29. The molecule has 1 aromatic heterocycles. The molecule has 0 aliphatic heterocycles. The molecule has 0 bridgehead atoms. The van der Waals surface area contributed by atoms with E-state index >= 15 is 0 Å². The molecule has 0 amide bonds. The van der Waals surface area contributed by atoms with Crippen molar-refractivity contribution in [3.05, 3.63) is 15.6 Å². The standard InChI is InChI=1S/C16H28N2OS/c1-5-12-6-7-13(8-12)16-18-14(10-19-4)15(20-16)9-17-11(2)3/h11-13,17H,5-10H2,1-4H3. The van der Waals surface area contributed by atoms with Gasteiger partial charge in [-0.25, -0.2) is 4.98 Å². The molecule has 1 aliphatic carbocycles. The number of methoxy groups -OCH3 is 1. The Kier molecular flexibility index (Phi) is 6.00. The van der Waals surface area contributed by atoms with E-state index in [1.54, 1.807) is 7.11 Å². The summed E-state index contributed by atoms with van der Waals surface area (Å²) in [5, 5.41) is 4.84. The van der Waals surface area contributed by atoms with Crippen molar-refractivity contribution in [1.82, 2.24) is 10.3 Å². The van der Waals surface area contributed by atoms with Gasteiger partial charge in [0.2, 0.25) is 0 Å². The van der Waals surface area contributed by atoms with Gasteiger partial charge in [-0.1, -0.05) is 27.2 Å².